The molecule has 100 valence electrons. The molecule has 20 heavy (non-hydrogen) atoms. The van der Waals surface area contributed by atoms with Crippen molar-refractivity contribution < 1.29 is 4.74 Å². The highest BCUT2D eigenvalue weighted by Gasteiger charge is 2.08. The number of hydrogen-bond donors (Lipinski definition) is 1. The fraction of sp³-hybridized carbons (Fsp3) is 0.133. The molecular weight excluding hydrogens is 252 g/mol. The summed E-state index contributed by atoms with van der Waals surface area (Å²) < 4.78 is 5.36. The van der Waals surface area contributed by atoms with E-state index in [1.165, 1.54) is 6.33 Å². The highest BCUT2D eigenvalue weighted by Crippen LogP contribution is 2.29. The third-order valence-electron chi connectivity index (χ3n) is 3.02. The van der Waals surface area contributed by atoms with Crippen molar-refractivity contribution >= 4 is 22.5 Å². The van der Waals surface area contributed by atoms with E-state index in [1.54, 1.807) is 13.3 Å². The largest absolute Gasteiger partial charge is 0.495 e. The van der Waals surface area contributed by atoms with Gasteiger partial charge in [-0.15, -0.1) is 0 Å². The molecule has 0 spiro atoms. The Balaban J connectivity index is 2.07. The molecule has 2 heterocycles. The zero-order valence-electron chi connectivity index (χ0n) is 11.3. The lowest BCUT2D eigenvalue weighted by atomic mass is 10.2. The van der Waals surface area contributed by atoms with E-state index < -0.39 is 0 Å². The van der Waals surface area contributed by atoms with E-state index in [1.807, 2.05) is 37.3 Å². The molecule has 2 aromatic heterocycles. The van der Waals surface area contributed by atoms with Crippen LogP contribution in [0, 0.1) is 6.92 Å². The van der Waals surface area contributed by atoms with Gasteiger partial charge in [0.05, 0.1) is 18.2 Å². The number of nitrogens with one attached hydrogen (secondary N) is 1. The SMILES string of the molecule is COc1ccc(C)cc1Nc1ncnc2ncccc12. The lowest BCUT2D eigenvalue weighted by Gasteiger charge is -2.12. The molecule has 0 bridgehead atoms. The lowest BCUT2D eigenvalue weighted by molar-refractivity contribution is 0.416. The number of fused-ring (bicyclic) bond motifs is 1. The first-order valence-electron chi connectivity index (χ1n) is 6.25. The second-order valence-electron chi connectivity index (χ2n) is 4.43. The minimum absolute atomic E-state index is 0.664. The van der Waals surface area contributed by atoms with Crippen molar-refractivity contribution in [2.24, 2.45) is 0 Å². The zero-order valence-corrected chi connectivity index (χ0v) is 11.3. The van der Waals surface area contributed by atoms with Gasteiger partial charge in [-0.25, -0.2) is 15.0 Å². The van der Waals surface area contributed by atoms with Crippen LogP contribution in [0.5, 0.6) is 5.75 Å². The Hall–Kier alpha value is -2.69. The molecule has 5 nitrogen and oxygen atoms in total. The molecule has 0 saturated heterocycles. The molecule has 1 N–H and O–H groups in total. The van der Waals surface area contributed by atoms with Gasteiger partial charge < -0.3 is 10.1 Å². The van der Waals surface area contributed by atoms with Crippen LogP contribution < -0.4 is 10.1 Å². The molecule has 0 aliphatic heterocycles. The molecule has 0 saturated carbocycles. The molecule has 3 rings (SSSR count). The molecule has 0 aliphatic carbocycles. The lowest BCUT2D eigenvalue weighted by Crippen LogP contribution is -1.99. The monoisotopic (exact) mass is 266 g/mol. The maximum Gasteiger partial charge on any atom is 0.164 e. The summed E-state index contributed by atoms with van der Waals surface area (Å²) in [5, 5.41) is 4.16. The minimum atomic E-state index is 0.664. The van der Waals surface area contributed by atoms with Gasteiger partial charge in [0, 0.05) is 6.20 Å². The Morgan fingerprint density at radius 1 is 1.10 bits per heavy atom. The number of nitrogens with zero attached hydrogens (tertiary/aromatic N) is 3. The van der Waals surface area contributed by atoms with E-state index in [-0.39, 0.29) is 0 Å². The van der Waals surface area contributed by atoms with Gasteiger partial charge in [0.15, 0.2) is 5.65 Å². The first kappa shape index (κ1) is 12.3. The van der Waals surface area contributed by atoms with Crippen LogP contribution in [0.25, 0.3) is 11.0 Å². The highest BCUT2D eigenvalue weighted by atomic mass is 16.5. The van der Waals surface area contributed by atoms with Crippen LogP contribution >= 0.6 is 0 Å². The van der Waals surface area contributed by atoms with Crippen molar-refractivity contribution in [1.29, 1.82) is 0 Å². The standard InChI is InChI=1S/C15H14N4O/c1-10-5-6-13(20-2)12(8-10)19-15-11-4-3-7-16-14(11)17-9-18-15/h3-9H,1-2H3,(H,16,17,18,19). The average Bonchev–Trinajstić information content (AvgIpc) is 2.48. The summed E-state index contributed by atoms with van der Waals surface area (Å²) in [7, 11) is 1.65. The summed E-state index contributed by atoms with van der Waals surface area (Å²) in [6.45, 7) is 2.03. The molecule has 0 radical (unpaired) electrons. The van der Waals surface area contributed by atoms with Crippen molar-refractivity contribution in [1.82, 2.24) is 15.0 Å². The smallest absolute Gasteiger partial charge is 0.164 e. The fourth-order valence-electron chi connectivity index (χ4n) is 2.04. The maximum absolute atomic E-state index is 5.36. The number of methoxy groups -OCH3 is 1. The van der Waals surface area contributed by atoms with Crippen LogP contribution in [0.2, 0.25) is 0 Å². The Morgan fingerprint density at radius 2 is 2.00 bits per heavy atom. The van der Waals surface area contributed by atoms with E-state index in [0.717, 1.165) is 22.4 Å². The van der Waals surface area contributed by atoms with Crippen molar-refractivity contribution in [3.8, 4) is 5.75 Å². The summed E-state index contributed by atoms with van der Waals surface area (Å²) in [4.78, 5) is 12.7. The van der Waals surface area contributed by atoms with Crippen LogP contribution in [0.15, 0.2) is 42.9 Å². The predicted molar refractivity (Wildman–Crippen MR) is 78.3 cm³/mol. The number of pyridine rings is 1. The third-order valence-corrected chi connectivity index (χ3v) is 3.02. The molecule has 0 atom stereocenters. The summed E-state index contributed by atoms with van der Waals surface area (Å²) in [6.07, 6.45) is 3.21. The Kier molecular flexibility index (Phi) is 3.16. The molecule has 0 fully saturated rings. The molecular formula is C15H14N4O. The number of ether oxygens (including phenoxy) is 1. The molecule has 0 amide bonds. The number of aromatic nitrogens is 3. The maximum atomic E-state index is 5.36. The van der Waals surface area contributed by atoms with Crippen molar-refractivity contribution in [2.45, 2.75) is 6.92 Å². The van der Waals surface area contributed by atoms with E-state index >= 15 is 0 Å². The summed E-state index contributed by atoms with van der Waals surface area (Å²) >= 11 is 0. The van der Waals surface area contributed by atoms with Crippen LogP contribution in [-0.4, -0.2) is 22.1 Å². The number of benzene rings is 1. The van der Waals surface area contributed by atoms with E-state index in [4.69, 9.17) is 4.74 Å². The molecule has 1 aromatic carbocycles. The first-order chi connectivity index (χ1) is 9.78. The molecule has 3 aromatic rings. The van der Waals surface area contributed by atoms with Crippen molar-refractivity contribution in [3.05, 3.63) is 48.4 Å². The quantitative estimate of drug-likeness (QED) is 0.789. The summed E-state index contributed by atoms with van der Waals surface area (Å²) in [6, 6.07) is 9.75. The van der Waals surface area contributed by atoms with Crippen LogP contribution in [0.4, 0.5) is 11.5 Å². The predicted octanol–water partition coefficient (Wildman–Crippen LogP) is 3.09. The highest BCUT2D eigenvalue weighted by molar-refractivity contribution is 5.88. The van der Waals surface area contributed by atoms with Gasteiger partial charge in [-0.3, -0.25) is 0 Å². The summed E-state index contributed by atoms with van der Waals surface area (Å²) in [5.74, 6) is 1.48. The van der Waals surface area contributed by atoms with Crippen LogP contribution in [-0.2, 0) is 0 Å². The van der Waals surface area contributed by atoms with Crippen LogP contribution in [0.3, 0.4) is 0 Å². The van der Waals surface area contributed by atoms with Gasteiger partial charge in [0.25, 0.3) is 0 Å². The average molecular weight is 266 g/mol. The Bertz CT molecular complexity index is 752. The van der Waals surface area contributed by atoms with E-state index in [2.05, 4.69) is 20.3 Å². The number of rotatable bonds is 3. The zero-order chi connectivity index (χ0) is 13.9. The van der Waals surface area contributed by atoms with Gasteiger partial charge in [0.1, 0.15) is 17.9 Å². The van der Waals surface area contributed by atoms with Crippen molar-refractivity contribution in [2.75, 3.05) is 12.4 Å². The number of hydrogen-bond acceptors (Lipinski definition) is 5. The Labute approximate surface area is 116 Å². The Morgan fingerprint density at radius 3 is 2.85 bits per heavy atom. The first-order valence-corrected chi connectivity index (χ1v) is 6.25. The van der Waals surface area contributed by atoms with Gasteiger partial charge in [-0.05, 0) is 36.8 Å². The topological polar surface area (TPSA) is 59.9 Å². The van der Waals surface area contributed by atoms with Crippen LogP contribution in [0.1, 0.15) is 5.56 Å². The normalized spacial score (nSPS) is 10.5. The van der Waals surface area contributed by atoms with Gasteiger partial charge in [-0.2, -0.15) is 0 Å². The molecule has 5 heteroatoms. The van der Waals surface area contributed by atoms with E-state index in [0.29, 0.717) is 11.5 Å². The van der Waals surface area contributed by atoms with E-state index in [9.17, 15) is 0 Å². The van der Waals surface area contributed by atoms with Gasteiger partial charge in [-0.1, -0.05) is 6.07 Å². The summed E-state index contributed by atoms with van der Waals surface area (Å²) in [5.41, 5.74) is 2.68. The second-order valence-corrected chi connectivity index (χ2v) is 4.43. The van der Waals surface area contributed by atoms with Crippen molar-refractivity contribution in [3.63, 3.8) is 0 Å². The molecule has 0 aliphatic rings. The third kappa shape index (κ3) is 2.25. The number of aryl methyl sites for hydroxylation is 1. The second kappa shape index (κ2) is 5.13. The molecule has 0 unspecified atom stereocenters. The number of anilines is 2. The van der Waals surface area contributed by atoms with Gasteiger partial charge >= 0.3 is 0 Å². The minimum Gasteiger partial charge on any atom is -0.495 e. The van der Waals surface area contributed by atoms with Gasteiger partial charge in [0.2, 0.25) is 0 Å². The fourth-order valence-corrected chi connectivity index (χ4v) is 2.04.